The van der Waals surface area contributed by atoms with E-state index in [0.717, 1.165) is 12.2 Å². The predicted octanol–water partition coefficient (Wildman–Crippen LogP) is 2.80. The monoisotopic (exact) mass is 247 g/mol. The minimum Gasteiger partial charge on any atom is -0.368 e. The zero-order chi connectivity index (χ0) is 12.3. The Kier molecular flexibility index (Phi) is 3.76. The fraction of sp³-hybridized carbons (Fsp3) is 0.308. The number of para-hydroxylation sites is 1. The van der Waals surface area contributed by atoms with Crippen LogP contribution in [0, 0.1) is 0 Å². The zero-order valence-electron chi connectivity index (χ0n) is 10.1. The summed E-state index contributed by atoms with van der Waals surface area (Å²) in [5.41, 5.74) is 11.3. The highest BCUT2D eigenvalue weighted by atomic mass is 32.1. The van der Waals surface area contributed by atoms with E-state index in [2.05, 4.69) is 34.4 Å². The number of anilines is 1. The molecule has 0 aliphatic rings. The normalized spacial score (nSPS) is 12.4. The number of hydrogen-bond donors (Lipinski definition) is 1. The number of nitrogens with zero attached hydrogens (tertiary/aromatic N) is 2. The van der Waals surface area contributed by atoms with Crippen molar-refractivity contribution in [2.75, 3.05) is 11.9 Å². The van der Waals surface area contributed by atoms with Crippen LogP contribution in [0.2, 0.25) is 0 Å². The molecule has 0 radical (unpaired) electrons. The van der Waals surface area contributed by atoms with Gasteiger partial charge in [-0.05, 0) is 18.6 Å². The van der Waals surface area contributed by atoms with Crippen molar-refractivity contribution in [3.63, 3.8) is 0 Å². The van der Waals surface area contributed by atoms with Crippen LogP contribution in [0.1, 0.15) is 24.2 Å². The number of thiazole rings is 1. The molecule has 2 N–H and O–H groups in total. The van der Waals surface area contributed by atoms with Crippen molar-refractivity contribution >= 4 is 17.0 Å². The summed E-state index contributed by atoms with van der Waals surface area (Å²) in [6.45, 7) is 2.82. The van der Waals surface area contributed by atoms with Gasteiger partial charge in [0.25, 0.3) is 0 Å². The summed E-state index contributed by atoms with van der Waals surface area (Å²) in [4.78, 5) is 6.49. The lowest BCUT2D eigenvalue weighted by Crippen LogP contribution is -2.20. The molecule has 1 heterocycles. The topological polar surface area (TPSA) is 42.1 Å². The van der Waals surface area contributed by atoms with Gasteiger partial charge in [0.05, 0.1) is 17.7 Å². The van der Waals surface area contributed by atoms with Crippen molar-refractivity contribution in [2.45, 2.75) is 19.5 Å². The highest BCUT2D eigenvalue weighted by Crippen LogP contribution is 2.25. The lowest BCUT2D eigenvalue weighted by atomic mass is 10.1. The van der Waals surface area contributed by atoms with Gasteiger partial charge in [-0.1, -0.05) is 18.2 Å². The first-order chi connectivity index (χ1) is 8.18. The summed E-state index contributed by atoms with van der Waals surface area (Å²) < 4.78 is 0. The minimum absolute atomic E-state index is 0.0454. The molecular formula is C13H17N3S. The van der Waals surface area contributed by atoms with Crippen molar-refractivity contribution in [1.82, 2.24) is 4.98 Å². The van der Waals surface area contributed by atoms with Crippen molar-refractivity contribution < 1.29 is 0 Å². The highest BCUT2D eigenvalue weighted by Gasteiger charge is 2.10. The Morgan fingerprint density at radius 3 is 2.82 bits per heavy atom. The van der Waals surface area contributed by atoms with Crippen molar-refractivity contribution in [2.24, 2.45) is 5.73 Å². The van der Waals surface area contributed by atoms with Crippen LogP contribution >= 0.6 is 11.3 Å². The average molecular weight is 247 g/mol. The lowest BCUT2D eigenvalue weighted by Gasteiger charge is -2.23. The zero-order valence-corrected chi connectivity index (χ0v) is 10.9. The van der Waals surface area contributed by atoms with Gasteiger partial charge in [0.1, 0.15) is 0 Å². The minimum atomic E-state index is 0.0454. The molecule has 0 unspecified atom stereocenters. The molecule has 1 atom stereocenters. The summed E-state index contributed by atoms with van der Waals surface area (Å²) in [5.74, 6) is 0. The van der Waals surface area contributed by atoms with E-state index in [9.17, 15) is 0 Å². The van der Waals surface area contributed by atoms with Gasteiger partial charge in [-0.3, -0.25) is 0 Å². The van der Waals surface area contributed by atoms with Crippen molar-refractivity contribution in [3.8, 4) is 0 Å². The van der Waals surface area contributed by atoms with E-state index in [4.69, 9.17) is 5.73 Å². The molecule has 1 aromatic carbocycles. The van der Waals surface area contributed by atoms with Gasteiger partial charge in [-0.25, -0.2) is 4.98 Å². The van der Waals surface area contributed by atoms with Gasteiger partial charge >= 0.3 is 0 Å². The molecule has 0 spiro atoms. The molecule has 0 amide bonds. The molecule has 0 aliphatic heterocycles. The van der Waals surface area contributed by atoms with Crippen LogP contribution in [0.15, 0.2) is 35.2 Å². The molecule has 4 heteroatoms. The molecule has 17 heavy (non-hydrogen) atoms. The van der Waals surface area contributed by atoms with Crippen molar-refractivity contribution in [3.05, 3.63) is 46.4 Å². The average Bonchev–Trinajstić information content (AvgIpc) is 2.81. The van der Waals surface area contributed by atoms with Crippen LogP contribution in [0.4, 0.5) is 5.69 Å². The van der Waals surface area contributed by atoms with Crippen LogP contribution in [0.25, 0.3) is 0 Å². The third-order valence-corrected chi connectivity index (χ3v) is 3.36. The molecule has 3 nitrogen and oxygen atoms in total. The molecule has 0 saturated carbocycles. The maximum Gasteiger partial charge on any atom is 0.0795 e. The van der Waals surface area contributed by atoms with E-state index in [1.54, 1.807) is 11.3 Å². The smallest absolute Gasteiger partial charge is 0.0795 e. The van der Waals surface area contributed by atoms with E-state index < -0.39 is 0 Å². The number of aromatic nitrogens is 1. The van der Waals surface area contributed by atoms with E-state index in [-0.39, 0.29) is 6.04 Å². The van der Waals surface area contributed by atoms with Crippen LogP contribution < -0.4 is 10.6 Å². The van der Waals surface area contributed by atoms with Crippen LogP contribution in [0.5, 0.6) is 0 Å². The van der Waals surface area contributed by atoms with Gasteiger partial charge in [0.15, 0.2) is 0 Å². The van der Waals surface area contributed by atoms with Crippen LogP contribution in [0.3, 0.4) is 0 Å². The standard InChI is InChI=1S/C13H17N3S/c1-10(14)12-5-3-4-6-13(12)16(2)7-11-8-17-9-15-11/h3-6,8-10H,7,14H2,1-2H3/t10-/m0/s1. The number of hydrogen-bond acceptors (Lipinski definition) is 4. The Balaban J connectivity index is 2.21. The molecule has 0 aliphatic carbocycles. The fourth-order valence-corrected chi connectivity index (χ4v) is 2.41. The van der Waals surface area contributed by atoms with Gasteiger partial charge in [-0.2, -0.15) is 0 Å². The first-order valence-corrected chi connectivity index (χ1v) is 6.55. The third-order valence-electron chi connectivity index (χ3n) is 2.72. The Morgan fingerprint density at radius 2 is 2.18 bits per heavy atom. The number of benzene rings is 1. The SMILES string of the molecule is C[C@H](N)c1ccccc1N(C)Cc1cscn1. The van der Waals surface area contributed by atoms with E-state index in [1.165, 1.54) is 11.3 Å². The van der Waals surface area contributed by atoms with Gasteiger partial charge in [0, 0.05) is 24.2 Å². The van der Waals surface area contributed by atoms with Crippen LogP contribution in [-0.2, 0) is 6.54 Å². The number of nitrogens with two attached hydrogens (primary N) is 1. The summed E-state index contributed by atoms with van der Waals surface area (Å²) in [5, 5.41) is 2.07. The Hall–Kier alpha value is -1.39. The van der Waals surface area contributed by atoms with Crippen molar-refractivity contribution in [1.29, 1.82) is 0 Å². The Bertz CT molecular complexity index is 465. The Morgan fingerprint density at radius 1 is 1.41 bits per heavy atom. The second-order valence-corrected chi connectivity index (χ2v) is 4.90. The maximum atomic E-state index is 5.99. The molecule has 1 aromatic heterocycles. The molecule has 2 rings (SSSR count). The quantitative estimate of drug-likeness (QED) is 0.903. The summed E-state index contributed by atoms with van der Waals surface area (Å²) in [6.07, 6.45) is 0. The van der Waals surface area contributed by atoms with Gasteiger partial charge in [0.2, 0.25) is 0 Å². The van der Waals surface area contributed by atoms with E-state index in [1.807, 2.05) is 24.6 Å². The lowest BCUT2D eigenvalue weighted by molar-refractivity contribution is 0.798. The summed E-state index contributed by atoms with van der Waals surface area (Å²) in [6, 6.07) is 8.30. The second-order valence-electron chi connectivity index (χ2n) is 4.18. The molecule has 0 bridgehead atoms. The Labute approximate surface area is 106 Å². The van der Waals surface area contributed by atoms with E-state index >= 15 is 0 Å². The summed E-state index contributed by atoms with van der Waals surface area (Å²) in [7, 11) is 2.07. The molecule has 2 aromatic rings. The fourth-order valence-electron chi connectivity index (χ4n) is 1.86. The van der Waals surface area contributed by atoms with E-state index in [0.29, 0.717) is 0 Å². The van der Waals surface area contributed by atoms with Gasteiger partial charge in [-0.15, -0.1) is 11.3 Å². The third kappa shape index (κ3) is 2.84. The predicted molar refractivity (Wildman–Crippen MR) is 73.3 cm³/mol. The largest absolute Gasteiger partial charge is 0.368 e. The maximum absolute atomic E-state index is 5.99. The van der Waals surface area contributed by atoms with Crippen LogP contribution in [-0.4, -0.2) is 12.0 Å². The molecule has 0 saturated heterocycles. The highest BCUT2D eigenvalue weighted by molar-refractivity contribution is 7.07. The first-order valence-electron chi connectivity index (χ1n) is 5.61. The molecule has 0 fully saturated rings. The molecular weight excluding hydrogens is 230 g/mol. The second kappa shape index (κ2) is 5.29. The summed E-state index contributed by atoms with van der Waals surface area (Å²) >= 11 is 1.62. The van der Waals surface area contributed by atoms with Gasteiger partial charge < -0.3 is 10.6 Å². The number of rotatable bonds is 4. The first kappa shape index (κ1) is 12.1. The molecule has 90 valence electrons.